The molecule has 2 unspecified atom stereocenters. The van der Waals surface area contributed by atoms with Gasteiger partial charge in [-0.1, -0.05) is 152 Å². The highest BCUT2D eigenvalue weighted by Crippen LogP contribution is 2.55. The predicted octanol–water partition coefficient (Wildman–Crippen LogP) is 11.3. The Bertz CT molecular complexity index is 2400. The fourth-order valence-corrected chi connectivity index (χ4v) is 8.32. The monoisotopic (exact) mass is 556 g/mol. The molecule has 0 radical (unpaired) electrons. The van der Waals surface area contributed by atoms with E-state index in [9.17, 15) is 0 Å². The van der Waals surface area contributed by atoms with Crippen molar-refractivity contribution in [2.45, 2.75) is 0 Å². The van der Waals surface area contributed by atoms with Gasteiger partial charge >= 0.3 is 0 Å². The number of benzene rings is 6. The molecule has 2 atom stereocenters. The first kappa shape index (κ1) is 24.0. The van der Waals surface area contributed by atoms with Crippen molar-refractivity contribution in [2.24, 2.45) is 11.8 Å². The zero-order valence-electron chi connectivity index (χ0n) is 24.2. The van der Waals surface area contributed by atoms with Crippen LogP contribution in [0.5, 0.6) is 0 Å². The van der Waals surface area contributed by atoms with Crippen molar-refractivity contribution in [3.05, 3.63) is 191 Å². The van der Waals surface area contributed by atoms with E-state index >= 15 is 0 Å². The van der Waals surface area contributed by atoms with Crippen molar-refractivity contribution in [3.8, 4) is 11.1 Å². The third kappa shape index (κ3) is 3.28. The minimum atomic E-state index is 0.316. The third-order valence-electron chi connectivity index (χ3n) is 10.2. The normalized spacial score (nSPS) is 20.1. The molecule has 0 saturated heterocycles. The Morgan fingerprint density at radius 3 is 2.00 bits per heavy atom. The van der Waals surface area contributed by atoms with Crippen LogP contribution in [-0.2, 0) is 0 Å². The molecule has 0 nitrogen and oxygen atoms in total. The molecule has 0 saturated carbocycles. The lowest BCUT2D eigenvalue weighted by Gasteiger charge is -2.42. The van der Waals surface area contributed by atoms with E-state index in [1.54, 1.807) is 0 Å². The van der Waals surface area contributed by atoms with E-state index in [-0.39, 0.29) is 0 Å². The summed E-state index contributed by atoms with van der Waals surface area (Å²) >= 11 is 0. The topological polar surface area (TPSA) is 0 Å². The van der Waals surface area contributed by atoms with Gasteiger partial charge < -0.3 is 0 Å². The number of rotatable bonds is 3. The highest BCUT2D eigenvalue weighted by Gasteiger charge is 2.40. The molecule has 4 aliphatic rings. The van der Waals surface area contributed by atoms with Gasteiger partial charge in [0, 0.05) is 11.8 Å². The molecular formula is C44H28. The fourth-order valence-electron chi connectivity index (χ4n) is 8.32. The molecule has 0 heteroatoms. The second-order valence-corrected chi connectivity index (χ2v) is 12.4. The maximum Gasteiger partial charge on any atom is 0.0205 e. The molecule has 0 aromatic heterocycles. The lowest BCUT2D eigenvalue weighted by molar-refractivity contribution is 0.569. The lowest BCUT2D eigenvalue weighted by atomic mass is 9.61. The SMILES string of the molecule is C1=CC2=C(c3ccccc3)C=CC3=CC=C4C(c5cc6ccc(-c7ccccc7)c7ccc8cccc5c8c67)=CC=C1C4C32. The molecule has 0 amide bonds. The summed E-state index contributed by atoms with van der Waals surface area (Å²) in [5.41, 5.74) is 13.6. The van der Waals surface area contributed by atoms with Crippen molar-refractivity contribution in [3.63, 3.8) is 0 Å². The molecule has 10 rings (SSSR count). The van der Waals surface area contributed by atoms with E-state index in [1.807, 2.05) is 0 Å². The van der Waals surface area contributed by atoms with Gasteiger partial charge in [-0.25, -0.2) is 0 Å². The van der Waals surface area contributed by atoms with Gasteiger partial charge in [0.1, 0.15) is 0 Å². The summed E-state index contributed by atoms with van der Waals surface area (Å²) in [6.07, 6.45) is 18.9. The molecule has 44 heavy (non-hydrogen) atoms. The molecule has 0 aliphatic heterocycles. The smallest absolute Gasteiger partial charge is 0.0205 e. The van der Waals surface area contributed by atoms with Gasteiger partial charge in [-0.05, 0) is 94.1 Å². The Morgan fingerprint density at radius 2 is 1.14 bits per heavy atom. The average molecular weight is 557 g/mol. The highest BCUT2D eigenvalue weighted by atomic mass is 14.4. The van der Waals surface area contributed by atoms with Crippen LogP contribution in [0.15, 0.2) is 180 Å². The van der Waals surface area contributed by atoms with Gasteiger partial charge in [-0.3, -0.25) is 0 Å². The average Bonchev–Trinajstić information content (AvgIpc) is 3.10. The van der Waals surface area contributed by atoms with E-state index in [1.165, 1.54) is 88.0 Å². The molecular weight excluding hydrogens is 528 g/mol. The van der Waals surface area contributed by atoms with Crippen molar-refractivity contribution in [2.75, 3.05) is 0 Å². The first-order valence-electron chi connectivity index (χ1n) is 15.6. The molecule has 0 heterocycles. The minimum Gasteiger partial charge on any atom is -0.0622 e. The Labute approximate surface area is 257 Å². The maximum absolute atomic E-state index is 2.45. The summed E-state index contributed by atoms with van der Waals surface area (Å²) in [6.45, 7) is 0. The van der Waals surface area contributed by atoms with Gasteiger partial charge in [-0.2, -0.15) is 0 Å². The standard InChI is InChI=1S/C44H28/c1-3-8-27(9-4-1)33-20-14-30-18-25-39-35(22-15-31-17-24-37(33)42(30)43(31)39)40-26-32-19-21-34(28-10-5-2-6-11-28)38-23-16-29-12-7-13-36(40)41(29)44(32)38/h1-26,42-43H. The number of hydrogen-bond acceptors (Lipinski definition) is 0. The van der Waals surface area contributed by atoms with Gasteiger partial charge in [0.25, 0.3) is 0 Å². The van der Waals surface area contributed by atoms with E-state index in [2.05, 4.69) is 158 Å². The van der Waals surface area contributed by atoms with Gasteiger partial charge in [0.15, 0.2) is 0 Å². The summed E-state index contributed by atoms with van der Waals surface area (Å²) in [5, 5.41) is 8.00. The Hall–Kier alpha value is -5.46. The van der Waals surface area contributed by atoms with Crippen molar-refractivity contribution in [1.29, 1.82) is 0 Å². The molecule has 0 fully saturated rings. The molecule has 0 spiro atoms. The van der Waals surface area contributed by atoms with Crippen molar-refractivity contribution in [1.82, 2.24) is 0 Å². The van der Waals surface area contributed by atoms with Crippen LogP contribution < -0.4 is 0 Å². The molecule has 0 bridgehead atoms. The van der Waals surface area contributed by atoms with Crippen LogP contribution in [0.2, 0.25) is 0 Å². The predicted molar refractivity (Wildman–Crippen MR) is 186 cm³/mol. The molecule has 4 aliphatic carbocycles. The minimum absolute atomic E-state index is 0.316. The summed E-state index contributed by atoms with van der Waals surface area (Å²) < 4.78 is 0. The van der Waals surface area contributed by atoms with Crippen LogP contribution in [0.25, 0.3) is 54.6 Å². The highest BCUT2D eigenvalue weighted by molar-refractivity contribution is 6.27. The first-order chi connectivity index (χ1) is 21.8. The maximum atomic E-state index is 2.45. The zero-order chi connectivity index (χ0) is 28.8. The summed E-state index contributed by atoms with van der Waals surface area (Å²) in [4.78, 5) is 0. The van der Waals surface area contributed by atoms with E-state index in [0.29, 0.717) is 11.8 Å². The first-order valence-corrected chi connectivity index (χ1v) is 15.6. The van der Waals surface area contributed by atoms with E-state index < -0.39 is 0 Å². The molecule has 0 N–H and O–H groups in total. The second kappa shape index (κ2) is 9.02. The number of allylic oxidation sites excluding steroid dienone is 14. The Balaban J connectivity index is 1.19. The van der Waals surface area contributed by atoms with Gasteiger partial charge in [-0.15, -0.1) is 0 Å². The molecule has 6 aromatic carbocycles. The summed E-state index contributed by atoms with van der Waals surface area (Å²) in [7, 11) is 0. The van der Waals surface area contributed by atoms with Crippen LogP contribution in [-0.4, -0.2) is 0 Å². The van der Waals surface area contributed by atoms with E-state index in [0.717, 1.165) is 0 Å². The Morgan fingerprint density at radius 1 is 0.432 bits per heavy atom. The zero-order valence-corrected chi connectivity index (χ0v) is 24.2. The molecule has 6 aromatic rings. The molecule has 204 valence electrons. The second-order valence-electron chi connectivity index (χ2n) is 12.4. The summed E-state index contributed by atoms with van der Waals surface area (Å²) in [5.74, 6) is 0.649. The Kier molecular flexibility index (Phi) is 4.93. The van der Waals surface area contributed by atoms with Crippen LogP contribution in [0, 0.1) is 11.8 Å². The fraction of sp³-hybridized carbons (Fsp3) is 0.0455. The quantitative estimate of drug-likeness (QED) is 0.190. The lowest BCUT2D eigenvalue weighted by Crippen LogP contribution is -2.30. The largest absolute Gasteiger partial charge is 0.0622 e. The van der Waals surface area contributed by atoms with Crippen molar-refractivity contribution < 1.29 is 0 Å². The van der Waals surface area contributed by atoms with Crippen LogP contribution in [0.3, 0.4) is 0 Å². The summed E-state index contributed by atoms with van der Waals surface area (Å²) in [6, 6.07) is 40.2. The third-order valence-corrected chi connectivity index (χ3v) is 10.2. The van der Waals surface area contributed by atoms with Crippen molar-refractivity contribution >= 4 is 43.5 Å². The number of hydrogen-bond donors (Lipinski definition) is 0. The van der Waals surface area contributed by atoms with Crippen LogP contribution in [0.4, 0.5) is 0 Å². The van der Waals surface area contributed by atoms with Crippen LogP contribution >= 0.6 is 0 Å². The van der Waals surface area contributed by atoms with Gasteiger partial charge in [0.2, 0.25) is 0 Å². The van der Waals surface area contributed by atoms with E-state index in [4.69, 9.17) is 0 Å². The van der Waals surface area contributed by atoms with Gasteiger partial charge in [0.05, 0.1) is 0 Å². The van der Waals surface area contributed by atoms with Crippen LogP contribution in [0.1, 0.15) is 11.1 Å².